The summed E-state index contributed by atoms with van der Waals surface area (Å²) in [6.45, 7) is 3.09. The van der Waals surface area contributed by atoms with Crippen LogP contribution in [0.3, 0.4) is 0 Å². The Morgan fingerprint density at radius 2 is 1.69 bits per heavy atom. The summed E-state index contributed by atoms with van der Waals surface area (Å²) in [6.07, 6.45) is 0.582. The van der Waals surface area contributed by atoms with Crippen molar-refractivity contribution >= 4 is 27.4 Å². The van der Waals surface area contributed by atoms with Crippen molar-refractivity contribution in [3.05, 3.63) is 77.9 Å². The molecule has 0 aromatic heterocycles. The Morgan fingerprint density at radius 3 is 2.28 bits per heavy atom. The van der Waals surface area contributed by atoms with Crippen LogP contribution in [0, 0.1) is 0 Å². The molecule has 168 valence electrons. The van der Waals surface area contributed by atoms with Crippen molar-refractivity contribution < 1.29 is 23.1 Å². The second-order valence-corrected chi connectivity index (χ2v) is 8.48. The maximum absolute atomic E-state index is 12.3. The highest BCUT2D eigenvalue weighted by Gasteiger charge is 2.26. The maximum Gasteiger partial charge on any atom is 0.337 e. The Balaban J connectivity index is 1.98. The average molecular weight is 456 g/mol. The molecular weight excluding hydrogens is 430 g/mol. The Morgan fingerprint density at radius 1 is 1.00 bits per heavy atom. The van der Waals surface area contributed by atoms with Crippen LogP contribution in [-0.2, 0) is 16.4 Å². The fraction of sp³-hybridized carbons (Fsp3) is 0.174. The molecule has 0 atom stereocenters. The van der Waals surface area contributed by atoms with Gasteiger partial charge in [0.1, 0.15) is 10.6 Å². The van der Waals surface area contributed by atoms with Crippen molar-refractivity contribution in [2.75, 3.05) is 23.7 Å². The van der Waals surface area contributed by atoms with Gasteiger partial charge in [-0.25, -0.2) is 18.4 Å². The third kappa shape index (κ3) is 5.77. The van der Waals surface area contributed by atoms with Crippen LogP contribution in [0.1, 0.15) is 22.8 Å². The highest BCUT2D eigenvalue weighted by atomic mass is 32.2. The zero-order valence-corrected chi connectivity index (χ0v) is 18.4. The molecule has 0 spiro atoms. The first-order chi connectivity index (χ1) is 15.3. The Hall–Kier alpha value is -3.56. The maximum atomic E-state index is 12.3. The van der Waals surface area contributed by atoms with Gasteiger partial charge in [-0.05, 0) is 55.3 Å². The summed E-state index contributed by atoms with van der Waals surface area (Å²) in [7, 11) is -4.37. The van der Waals surface area contributed by atoms with E-state index in [9.17, 15) is 18.3 Å². The van der Waals surface area contributed by atoms with Crippen LogP contribution in [0.2, 0.25) is 0 Å². The van der Waals surface area contributed by atoms with Gasteiger partial charge in [-0.3, -0.25) is 0 Å². The van der Waals surface area contributed by atoms with Crippen LogP contribution in [0.5, 0.6) is 11.5 Å². The fourth-order valence-corrected chi connectivity index (χ4v) is 4.15. The van der Waals surface area contributed by atoms with Gasteiger partial charge in [0.05, 0.1) is 11.3 Å². The minimum absolute atomic E-state index is 0.0130. The Labute approximate surface area is 187 Å². The number of anilines is 2. The molecule has 0 aliphatic rings. The normalized spacial score (nSPS) is 11.1. The SMILES string of the molecule is CCNc1ccc(Oc2ccc(C(=O)O)c(S(N)(=O)=O)c2NCCc2ccccc2)cc1. The monoisotopic (exact) mass is 455 g/mol. The molecule has 0 fully saturated rings. The second kappa shape index (κ2) is 10.2. The number of primary sulfonamides is 1. The molecule has 0 aliphatic carbocycles. The smallest absolute Gasteiger partial charge is 0.337 e. The fourth-order valence-electron chi connectivity index (χ4n) is 3.23. The van der Waals surface area contributed by atoms with Gasteiger partial charge in [-0.2, -0.15) is 0 Å². The highest BCUT2D eigenvalue weighted by Crippen LogP contribution is 2.37. The lowest BCUT2D eigenvalue weighted by atomic mass is 10.1. The van der Waals surface area contributed by atoms with E-state index in [1.54, 1.807) is 12.1 Å². The summed E-state index contributed by atoms with van der Waals surface area (Å²) in [5.74, 6) is -0.786. The summed E-state index contributed by atoms with van der Waals surface area (Å²) in [6, 6.07) is 19.3. The lowest BCUT2D eigenvalue weighted by Gasteiger charge is -2.18. The standard InChI is InChI=1S/C23H25N3O5S/c1-2-25-17-8-10-18(11-9-17)31-20-13-12-19(23(27)28)22(32(24,29)30)21(20)26-15-14-16-6-4-3-5-7-16/h3-13,25-26H,2,14-15H2,1H3,(H,27,28)(H2,24,29,30). The quantitative estimate of drug-likeness (QED) is 0.364. The molecule has 5 N–H and O–H groups in total. The predicted molar refractivity (Wildman–Crippen MR) is 124 cm³/mol. The third-order valence-corrected chi connectivity index (χ3v) is 5.65. The van der Waals surface area contributed by atoms with Gasteiger partial charge in [-0.15, -0.1) is 0 Å². The molecule has 3 aromatic rings. The van der Waals surface area contributed by atoms with Crippen LogP contribution < -0.4 is 20.5 Å². The number of carboxylic acid groups (broad SMARTS) is 1. The number of ether oxygens (including phenoxy) is 1. The molecule has 0 saturated carbocycles. The molecule has 0 bridgehead atoms. The number of hydrogen-bond acceptors (Lipinski definition) is 6. The summed E-state index contributed by atoms with van der Waals surface area (Å²) in [5, 5.41) is 21.1. The number of carbonyl (C=O) groups is 1. The van der Waals surface area contributed by atoms with E-state index >= 15 is 0 Å². The first-order valence-electron chi connectivity index (χ1n) is 10.0. The molecular formula is C23H25N3O5S. The van der Waals surface area contributed by atoms with E-state index in [2.05, 4.69) is 10.6 Å². The topological polar surface area (TPSA) is 131 Å². The second-order valence-electron chi connectivity index (χ2n) is 6.98. The molecule has 9 heteroatoms. The van der Waals surface area contributed by atoms with E-state index in [0.29, 0.717) is 18.7 Å². The van der Waals surface area contributed by atoms with Crippen molar-refractivity contribution in [1.82, 2.24) is 0 Å². The number of nitrogens with one attached hydrogen (secondary N) is 2. The summed E-state index contributed by atoms with van der Waals surface area (Å²) in [4.78, 5) is 11.2. The third-order valence-electron chi connectivity index (χ3n) is 4.66. The van der Waals surface area contributed by atoms with Gasteiger partial charge in [0.25, 0.3) is 0 Å². The van der Waals surface area contributed by atoms with Gasteiger partial charge in [0.15, 0.2) is 5.75 Å². The lowest BCUT2D eigenvalue weighted by molar-refractivity contribution is 0.0692. The number of aromatic carboxylic acids is 1. The van der Waals surface area contributed by atoms with Gasteiger partial charge in [-0.1, -0.05) is 30.3 Å². The van der Waals surface area contributed by atoms with E-state index in [-0.39, 0.29) is 11.4 Å². The van der Waals surface area contributed by atoms with Crippen molar-refractivity contribution in [3.63, 3.8) is 0 Å². The zero-order valence-electron chi connectivity index (χ0n) is 17.5. The first kappa shape index (κ1) is 23.1. The van der Waals surface area contributed by atoms with Crippen LogP contribution in [0.4, 0.5) is 11.4 Å². The molecule has 3 rings (SSSR count). The summed E-state index contributed by atoms with van der Waals surface area (Å²) in [5.41, 5.74) is 1.53. The molecule has 0 saturated heterocycles. The van der Waals surface area contributed by atoms with Crippen LogP contribution in [0.25, 0.3) is 0 Å². The van der Waals surface area contributed by atoms with Crippen LogP contribution in [-0.4, -0.2) is 32.6 Å². The van der Waals surface area contributed by atoms with Gasteiger partial charge in [0, 0.05) is 18.8 Å². The molecule has 0 aliphatic heterocycles. The number of sulfonamides is 1. The van der Waals surface area contributed by atoms with E-state index < -0.39 is 26.5 Å². The minimum atomic E-state index is -4.37. The Bertz CT molecular complexity index is 1180. The lowest BCUT2D eigenvalue weighted by Crippen LogP contribution is -2.20. The average Bonchev–Trinajstić information content (AvgIpc) is 2.76. The highest BCUT2D eigenvalue weighted by molar-refractivity contribution is 7.89. The predicted octanol–water partition coefficient (Wildman–Crippen LogP) is 3.91. The van der Waals surface area contributed by atoms with E-state index in [1.807, 2.05) is 49.4 Å². The van der Waals surface area contributed by atoms with Crippen molar-refractivity contribution in [3.8, 4) is 11.5 Å². The number of nitrogens with two attached hydrogens (primary N) is 1. The van der Waals surface area contributed by atoms with Crippen molar-refractivity contribution in [2.45, 2.75) is 18.2 Å². The van der Waals surface area contributed by atoms with E-state index in [4.69, 9.17) is 9.88 Å². The molecule has 32 heavy (non-hydrogen) atoms. The van der Waals surface area contributed by atoms with Crippen LogP contribution in [0.15, 0.2) is 71.6 Å². The van der Waals surface area contributed by atoms with Crippen molar-refractivity contribution in [2.24, 2.45) is 5.14 Å². The number of hydrogen-bond donors (Lipinski definition) is 4. The number of benzene rings is 3. The van der Waals surface area contributed by atoms with E-state index in [0.717, 1.165) is 17.8 Å². The van der Waals surface area contributed by atoms with Gasteiger partial charge in [0.2, 0.25) is 10.0 Å². The molecule has 0 amide bonds. The largest absolute Gasteiger partial charge is 0.478 e. The molecule has 0 radical (unpaired) electrons. The zero-order chi connectivity index (χ0) is 23.1. The van der Waals surface area contributed by atoms with Gasteiger partial charge < -0.3 is 20.5 Å². The summed E-state index contributed by atoms with van der Waals surface area (Å²) >= 11 is 0. The molecule has 3 aromatic carbocycles. The molecule has 0 heterocycles. The molecule has 0 unspecified atom stereocenters. The van der Waals surface area contributed by atoms with Crippen molar-refractivity contribution in [1.29, 1.82) is 0 Å². The minimum Gasteiger partial charge on any atom is -0.478 e. The first-order valence-corrected chi connectivity index (χ1v) is 11.6. The van der Waals surface area contributed by atoms with Gasteiger partial charge >= 0.3 is 5.97 Å². The van der Waals surface area contributed by atoms with E-state index in [1.165, 1.54) is 12.1 Å². The number of rotatable bonds is 10. The molecule has 8 nitrogen and oxygen atoms in total. The number of carboxylic acids is 1. The Kier molecular flexibility index (Phi) is 7.34. The van der Waals surface area contributed by atoms with Crippen LogP contribution >= 0.6 is 0 Å². The summed E-state index contributed by atoms with van der Waals surface area (Å²) < 4.78 is 30.6.